The van der Waals surface area contributed by atoms with E-state index in [0.717, 1.165) is 11.3 Å². The zero-order chi connectivity index (χ0) is 19.2. The summed E-state index contributed by atoms with van der Waals surface area (Å²) in [6.07, 6.45) is 0. The molecule has 27 heavy (non-hydrogen) atoms. The minimum Gasteiger partial charge on any atom is -0.497 e. The Labute approximate surface area is 161 Å². The van der Waals surface area contributed by atoms with Crippen molar-refractivity contribution in [2.24, 2.45) is 7.05 Å². The molecule has 2 aromatic carbocycles. The molecule has 0 aliphatic rings. The van der Waals surface area contributed by atoms with Crippen molar-refractivity contribution >= 4 is 23.4 Å². The van der Waals surface area contributed by atoms with Crippen LogP contribution in [0.25, 0.3) is 11.4 Å². The lowest BCUT2D eigenvalue weighted by molar-refractivity contribution is -0.113. The van der Waals surface area contributed by atoms with Gasteiger partial charge in [0, 0.05) is 18.3 Å². The van der Waals surface area contributed by atoms with Crippen molar-refractivity contribution in [3.05, 3.63) is 54.1 Å². The monoisotopic (exact) mass is 379 g/mol. The zero-order valence-electron chi connectivity index (χ0n) is 14.8. The fourth-order valence-corrected chi connectivity index (χ4v) is 3.14. The van der Waals surface area contributed by atoms with Gasteiger partial charge in [0.2, 0.25) is 5.91 Å². The van der Waals surface area contributed by atoms with E-state index in [0.29, 0.717) is 22.2 Å². The van der Waals surface area contributed by atoms with Crippen LogP contribution < -0.4 is 10.1 Å². The van der Waals surface area contributed by atoms with Crippen LogP contribution in [0.15, 0.2) is 53.7 Å². The molecule has 3 rings (SSSR count). The van der Waals surface area contributed by atoms with E-state index in [-0.39, 0.29) is 11.7 Å². The maximum absolute atomic E-state index is 12.2. The van der Waals surface area contributed by atoms with Crippen molar-refractivity contribution in [1.82, 2.24) is 14.8 Å². The van der Waals surface area contributed by atoms with Crippen LogP contribution in [-0.2, 0) is 11.8 Å². The van der Waals surface area contributed by atoms with Gasteiger partial charge in [-0.2, -0.15) is 5.26 Å². The van der Waals surface area contributed by atoms with Crippen molar-refractivity contribution in [2.45, 2.75) is 5.16 Å². The average Bonchev–Trinajstić information content (AvgIpc) is 3.07. The van der Waals surface area contributed by atoms with Gasteiger partial charge in [-0.05, 0) is 42.5 Å². The number of carbonyl (C=O) groups is 1. The molecule has 0 aliphatic carbocycles. The van der Waals surface area contributed by atoms with E-state index in [4.69, 9.17) is 10.00 Å². The summed E-state index contributed by atoms with van der Waals surface area (Å²) in [5.74, 6) is 1.49. The highest BCUT2D eigenvalue weighted by Crippen LogP contribution is 2.24. The Kier molecular flexibility index (Phi) is 5.74. The van der Waals surface area contributed by atoms with Gasteiger partial charge in [0.1, 0.15) is 5.75 Å². The van der Waals surface area contributed by atoms with Gasteiger partial charge in [-0.15, -0.1) is 10.2 Å². The molecule has 0 saturated heterocycles. The first-order chi connectivity index (χ1) is 13.1. The molecule has 136 valence electrons. The molecule has 3 aromatic rings. The van der Waals surface area contributed by atoms with Crippen LogP contribution in [0.5, 0.6) is 5.75 Å². The van der Waals surface area contributed by atoms with Crippen LogP contribution in [0.1, 0.15) is 5.56 Å². The summed E-state index contributed by atoms with van der Waals surface area (Å²) in [4.78, 5) is 12.2. The predicted octanol–water partition coefficient (Wildman–Crippen LogP) is 3.09. The van der Waals surface area contributed by atoms with Gasteiger partial charge in [0.05, 0.1) is 24.5 Å². The van der Waals surface area contributed by atoms with Gasteiger partial charge in [-0.1, -0.05) is 17.8 Å². The Hall–Kier alpha value is -3.31. The highest BCUT2D eigenvalue weighted by Gasteiger charge is 2.13. The molecule has 0 atom stereocenters. The number of ether oxygens (including phenoxy) is 1. The van der Waals surface area contributed by atoms with Gasteiger partial charge in [0.25, 0.3) is 0 Å². The van der Waals surface area contributed by atoms with Crippen LogP contribution in [0.2, 0.25) is 0 Å². The zero-order valence-corrected chi connectivity index (χ0v) is 15.7. The average molecular weight is 379 g/mol. The number of hydrogen-bond acceptors (Lipinski definition) is 6. The first-order valence-corrected chi connectivity index (χ1v) is 9.06. The number of aromatic nitrogens is 3. The third-order valence-electron chi connectivity index (χ3n) is 3.79. The van der Waals surface area contributed by atoms with Crippen LogP contribution in [0, 0.1) is 11.3 Å². The number of nitrogens with one attached hydrogen (secondary N) is 1. The van der Waals surface area contributed by atoms with Crippen molar-refractivity contribution in [1.29, 1.82) is 5.26 Å². The molecule has 0 aliphatic heterocycles. The number of rotatable bonds is 6. The first-order valence-electron chi connectivity index (χ1n) is 8.07. The summed E-state index contributed by atoms with van der Waals surface area (Å²) in [6.45, 7) is 0. The number of thioether (sulfide) groups is 1. The third-order valence-corrected chi connectivity index (χ3v) is 4.81. The number of nitriles is 1. The molecule has 0 fully saturated rings. The third kappa shape index (κ3) is 4.46. The van der Waals surface area contributed by atoms with E-state index < -0.39 is 0 Å². The number of benzene rings is 2. The number of hydrogen-bond donors (Lipinski definition) is 1. The smallest absolute Gasteiger partial charge is 0.234 e. The molecule has 1 N–H and O–H groups in total. The largest absolute Gasteiger partial charge is 0.497 e. The quantitative estimate of drug-likeness (QED) is 0.662. The number of nitrogens with zero attached hydrogens (tertiary/aromatic N) is 4. The highest BCUT2D eigenvalue weighted by atomic mass is 32.2. The fraction of sp³-hybridized carbons (Fsp3) is 0.158. The van der Waals surface area contributed by atoms with Gasteiger partial charge in [0.15, 0.2) is 11.0 Å². The summed E-state index contributed by atoms with van der Waals surface area (Å²) < 4.78 is 7.00. The lowest BCUT2D eigenvalue weighted by Crippen LogP contribution is -2.14. The predicted molar refractivity (Wildman–Crippen MR) is 104 cm³/mol. The molecule has 0 spiro atoms. The second kappa shape index (κ2) is 8.38. The van der Waals surface area contributed by atoms with Crippen molar-refractivity contribution in [2.75, 3.05) is 18.2 Å². The molecule has 0 bridgehead atoms. The topological polar surface area (TPSA) is 92.8 Å². The molecule has 0 saturated carbocycles. The standard InChI is InChI=1S/C19H17N5O2S/c1-24-18(14-6-8-16(26-2)9-7-14)22-23-19(24)27-12-17(25)21-15-5-3-4-13(10-15)11-20/h3-10H,12H2,1-2H3,(H,21,25). The fourth-order valence-electron chi connectivity index (χ4n) is 2.43. The lowest BCUT2D eigenvalue weighted by atomic mass is 10.2. The molecule has 7 nitrogen and oxygen atoms in total. The number of carbonyl (C=O) groups excluding carboxylic acids is 1. The van der Waals surface area contributed by atoms with Crippen LogP contribution >= 0.6 is 11.8 Å². The number of anilines is 1. The second-order valence-corrected chi connectivity index (χ2v) is 6.57. The van der Waals surface area contributed by atoms with Crippen LogP contribution in [-0.4, -0.2) is 33.5 Å². The Morgan fingerprint density at radius 2 is 2.04 bits per heavy atom. The summed E-state index contributed by atoms with van der Waals surface area (Å²) in [7, 11) is 3.48. The van der Waals surface area contributed by atoms with E-state index in [1.165, 1.54) is 11.8 Å². The van der Waals surface area contributed by atoms with E-state index in [1.54, 1.807) is 31.4 Å². The maximum Gasteiger partial charge on any atom is 0.234 e. The summed E-state index contributed by atoms with van der Waals surface area (Å²) >= 11 is 1.30. The van der Waals surface area contributed by atoms with Crippen LogP contribution in [0.4, 0.5) is 5.69 Å². The van der Waals surface area contributed by atoms with Gasteiger partial charge in [-0.3, -0.25) is 4.79 Å². The van der Waals surface area contributed by atoms with E-state index in [9.17, 15) is 4.79 Å². The normalized spacial score (nSPS) is 10.3. The summed E-state index contributed by atoms with van der Waals surface area (Å²) in [6, 6.07) is 16.4. The molecule has 0 unspecified atom stereocenters. The Balaban J connectivity index is 1.63. The van der Waals surface area contributed by atoms with Crippen LogP contribution in [0.3, 0.4) is 0 Å². The Morgan fingerprint density at radius 1 is 1.26 bits per heavy atom. The Morgan fingerprint density at radius 3 is 2.74 bits per heavy atom. The van der Waals surface area contributed by atoms with Gasteiger partial charge >= 0.3 is 0 Å². The minimum atomic E-state index is -0.177. The van der Waals surface area contributed by atoms with E-state index >= 15 is 0 Å². The van der Waals surface area contributed by atoms with E-state index in [2.05, 4.69) is 15.5 Å². The van der Waals surface area contributed by atoms with E-state index in [1.807, 2.05) is 41.9 Å². The lowest BCUT2D eigenvalue weighted by Gasteiger charge is -2.06. The summed E-state index contributed by atoms with van der Waals surface area (Å²) in [5, 5.41) is 20.7. The molecule has 1 heterocycles. The SMILES string of the molecule is COc1ccc(-c2nnc(SCC(=O)Nc3cccc(C#N)c3)n2C)cc1. The molecule has 8 heteroatoms. The molecule has 0 radical (unpaired) electrons. The van der Waals surface area contributed by atoms with Crippen molar-refractivity contribution in [3.8, 4) is 23.2 Å². The first kappa shape index (κ1) is 18.5. The van der Waals surface area contributed by atoms with Crippen molar-refractivity contribution < 1.29 is 9.53 Å². The second-order valence-electron chi connectivity index (χ2n) is 5.62. The van der Waals surface area contributed by atoms with Crippen molar-refractivity contribution in [3.63, 3.8) is 0 Å². The molecule has 1 amide bonds. The number of methoxy groups -OCH3 is 1. The molecule has 1 aromatic heterocycles. The number of amides is 1. The molecular formula is C19H17N5O2S. The maximum atomic E-state index is 12.2. The summed E-state index contributed by atoms with van der Waals surface area (Å²) in [5.41, 5.74) is 2.00. The Bertz CT molecular complexity index is 992. The van der Waals surface area contributed by atoms with Gasteiger partial charge < -0.3 is 14.6 Å². The molecular weight excluding hydrogens is 362 g/mol. The minimum absolute atomic E-state index is 0.177. The van der Waals surface area contributed by atoms with Gasteiger partial charge in [-0.25, -0.2) is 0 Å². The highest BCUT2D eigenvalue weighted by molar-refractivity contribution is 7.99.